The average molecular weight is 395 g/mol. The molecule has 0 N–H and O–H groups in total. The summed E-state index contributed by atoms with van der Waals surface area (Å²) in [5.74, 6) is 0.741. The van der Waals surface area contributed by atoms with Crippen molar-refractivity contribution < 1.29 is 14.3 Å². The lowest BCUT2D eigenvalue weighted by Crippen LogP contribution is -2.35. The predicted molar refractivity (Wildman–Crippen MR) is 111 cm³/mol. The first kappa shape index (κ1) is 25.5. The molecule has 0 aromatic carbocycles. The molecule has 2 saturated heterocycles. The Bertz CT molecular complexity index is 451. The number of thiocarbonyl (C=S) groups is 2. The van der Waals surface area contributed by atoms with Crippen LogP contribution in [0.5, 0.6) is 0 Å². The van der Waals surface area contributed by atoms with Crippen molar-refractivity contribution in [1.29, 1.82) is 0 Å². The number of cyclic esters (lactones) is 1. The third-order valence-electron chi connectivity index (χ3n) is 3.53. The zero-order chi connectivity index (χ0) is 17.2. The molecular formula is C16H30N2O3S3. The number of amides is 2. The second kappa shape index (κ2) is 10.3. The summed E-state index contributed by atoms with van der Waals surface area (Å²) in [6.07, 6.45) is -0.339. The second-order valence-electron chi connectivity index (χ2n) is 5.97. The molecule has 140 valence electrons. The Labute approximate surface area is 161 Å². The minimum Gasteiger partial charge on any atom is -0.401 e. The number of thioether (sulfide) groups is 1. The van der Waals surface area contributed by atoms with E-state index in [9.17, 15) is 9.59 Å². The number of hydrogen-bond donors (Lipinski definition) is 0. The van der Waals surface area contributed by atoms with Gasteiger partial charge in [0.15, 0.2) is 5.05 Å². The summed E-state index contributed by atoms with van der Waals surface area (Å²) in [4.78, 5) is 25.3. The predicted octanol–water partition coefficient (Wildman–Crippen LogP) is 4.83. The van der Waals surface area contributed by atoms with Gasteiger partial charge in [-0.2, -0.15) is 0 Å². The van der Waals surface area contributed by atoms with Crippen molar-refractivity contribution in [2.75, 3.05) is 14.1 Å². The zero-order valence-corrected chi connectivity index (χ0v) is 16.1. The van der Waals surface area contributed by atoms with Gasteiger partial charge in [-0.3, -0.25) is 9.69 Å². The molecule has 2 atom stereocenters. The number of hydrogen-bond acceptors (Lipinski definition) is 6. The first-order chi connectivity index (χ1) is 10.1. The van der Waals surface area contributed by atoms with Crippen LogP contribution in [0.4, 0.5) is 9.59 Å². The smallest absolute Gasteiger partial charge is 0.401 e. The van der Waals surface area contributed by atoms with Crippen molar-refractivity contribution in [3.8, 4) is 0 Å². The molecule has 0 bridgehead atoms. The fourth-order valence-electron chi connectivity index (χ4n) is 2.42. The molecule has 8 heteroatoms. The molecule has 2 rings (SSSR count). The van der Waals surface area contributed by atoms with Crippen molar-refractivity contribution in [1.82, 2.24) is 9.80 Å². The van der Waals surface area contributed by atoms with E-state index in [-0.39, 0.29) is 38.3 Å². The highest BCUT2D eigenvalue weighted by atomic mass is 32.2. The largest absolute Gasteiger partial charge is 0.416 e. The molecule has 0 radical (unpaired) electrons. The van der Waals surface area contributed by atoms with Crippen LogP contribution in [0.2, 0.25) is 0 Å². The van der Waals surface area contributed by atoms with Gasteiger partial charge in [-0.25, -0.2) is 4.79 Å². The van der Waals surface area contributed by atoms with Crippen molar-refractivity contribution in [3.05, 3.63) is 0 Å². The van der Waals surface area contributed by atoms with Crippen LogP contribution in [0.25, 0.3) is 0 Å². The minimum absolute atomic E-state index is 0. The van der Waals surface area contributed by atoms with Gasteiger partial charge in [0.05, 0.1) is 10.2 Å². The highest BCUT2D eigenvalue weighted by Crippen LogP contribution is 2.29. The summed E-state index contributed by atoms with van der Waals surface area (Å²) in [7, 11) is 3.51. The van der Waals surface area contributed by atoms with Crippen molar-refractivity contribution in [2.24, 2.45) is 11.8 Å². The van der Waals surface area contributed by atoms with E-state index in [0.717, 1.165) is 4.20 Å². The maximum atomic E-state index is 11.1. The summed E-state index contributed by atoms with van der Waals surface area (Å²) < 4.78 is 5.58. The van der Waals surface area contributed by atoms with Crippen LogP contribution in [0.3, 0.4) is 0 Å². The highest BCUT2D eigenvalue weighted by Gasteiger charge is 2.37. The van der Waals surface area contributed by atoms with Crippen LogP contribution >= 0.6 is 36.2 Å². The van der Waals surface area contributed by atoms with E-state index in [2.05, 4.69) is 13.8 Å². The first-order valence-corrected chi connectivity index (χ1v) is 8.68. The monoisotopic (exact) mass is 394 g/mol. The maximum absolute atomic E-state index is 11.1. The zero-order valence-electron chi connectivity index (χ0n) is 13.7. The lowest BCUT2D eigenvalue weighted by atomic mass is 10.1. The van der Waals surface area contributed by atoms with E-state index in [1.54, 1.807) is 19.0 Å². The van der Waals surface area contributed by atoms with Crippen molar-refractivity contribution in [2.45, 2.75) is 54.6 Å². The Morgan fingerprint density at radius 1 is 0.958 bits per heavy atom. The topological polar surface area (TPSA) is 49.9 Å². The van der Waals surface area contributed by atoms with Gasteiger partial charge in [-0.15, -0.1) is 0 Å². The molecule has 0 spiro atoms. The van der Waals surface area contributed by atoms with Gasteiger partial charge in [-0.05, 0) is 35.8 Å². The van der Waals surface area contributed by atoms with Gasteiger partial charge in [0.1, 0.15) is 6.04 Å². The van der Waals surface area contributed by atoms with Crippen LogP contribution in [-0.2, 0) is 4.74 Å². The molecule has 24 heavy (non-hydrogen) atoms. The summed E-state index contributed by atoms with van der Waals surface area (Å²) in [6.45, 7) is 8.17. The van der Waals surface area contributed by atoms with E-state index in [1.807, 2.05) is 13.8 Å². The SMILES string of the molecule is C.C.CC(C)C1C(=S)OC(=O)N1C.CC(C)C1C(=S)SC(=O)N1C. The fourth-order valence-corrected chi connectivity index (χ4v) is 4.55. The highest BCUT2D eigenvalue weighted by molar-refractivity contribution is 8.33. The summed E-state index contributed by atoms with van der Waals surface area (Å²) in [5.41, 5.74) is 0. The summed E-state index contributed by atoms with van der Waals surface area (Å²) in [5, 5.41) is 0.473. The van der Waals surface area contributed by atoms with E-state index in [1.165, 1.54) is 16.7 Å². The summed E-state index contributed by atoms with van der Waals surface area (Å²) in [6, 6.07) is 0.125. The molecule has 0 saturated carbocycles. The van der Waals surface area contributed by atoms with Crippen molar-refractivity contribution >= 4 is 56.8 Å². The third kappa shape index (κ3) is 5.67. The van der Waals surface area contributed by atoms with Crippen LogP contribution in [0.15, 0.2) is 0 Å². The van der Waals surface area contributed by atoms with E-state index in [0.29, 0.717) is 16.9 Å². The molecule has 0 aromatic heterocycles. The Morgan fingerprint density at radius 2 is 1.42 bits per heavy atom. The lowest BCUT2D eigenvalue weighted by Gasteiger charge is -2.21. The van der Waals surface area contributed by atoms with Gasteiger partial charge in [0.2, 0.25) is 0 Å². The molecule has 2 amide bonds. The fraction of sp³-hybridized carbons (Fsp3) is 0.750. The first-order valence-electron chi connectivity index (χ1n) is 7.04. The minimum atomic E-state index is -0.339. The number of rotatable bonds is 2. The Morgan fingerprint density at radius 3 is 1.58 bits per heavy atom. The Hall–Kier alpha value is -0.730. The van der Waals surface area contributed by atoms with Gasteiger partial charge in [-0.1, -0.05) is 54.8 Å². The number of nitrogens with zero attached hydrogens (tertiary/aromatic N) is 2. The van der Waals surface area contributed by atoms with Gasteiger partial charge in [0, 0.05) is 14.1 Å². The molecule has 0 aromatic rings. The Kier molecular flexibility index (Phi) is 11.0. The molecule has 2 fully saturated rings. The van der Waals surface area contributed by atoms with Crippen LogP contribution in [0, 0.1) is 11.8 Å². The van der Waals surface area contributed by atoms with Crippen LogP contribution in [0.1, 0.15) is 42.5 Å². The molecule has 2 unspecified atom stereocenters. The molecular weight excluding hydrogens is 364 g/mol. The normalized spacial score (nSPS) is 23.0. The third-order valence-corrected chi connectivity index (χ3v) is 5.25. The van der Waals surface area contributed by atoms with E-state index in [4.69, 9.17) is 29.2 Å². The van der Waals surface area contributed by atoms with Gasteiger partial charge < -0.3 is 9.64 Å². The van der Waals surface area contributed by atoms with Crippen LogP contribution < -0.4 is 0 Å². The number of likely N-dealkylation sites (N-methyl/N-ethyl adjacent to an activating group) is 1. The van der Waals surface area contributed by atoms with Gasteiger partial charge >= 0.3 is 6.09 Å². The standard InChI is InChI=1S/C7H11NO2S.C7H11NOS2.2CH4/c1-4(2)5-6(11)10-7(9)8(5)3;1-4(2)5-6(10)11-7(9)8(5)3;;/h2*4-5H,1-3H3;2*1H4. The number of carbonyl (C=O) groups excluding carboxylic acids is 2. The molecule has 5 nitrogen and oxygen atoms in total. The van der Waals surface area contributed by atoms with E-state index < -0.39 is 0 Å². The van der Waals surface area contributed by atoms with Gasteiger partial charge in [0.25, 0.3) is 5.24 Å². The van der Waals surface area contributed by atoms with E-state index >= 15 is 0 Å². The Balaban J connectivity index is 0. The molecule has 2 aliphatic heterocycles. The lowest BCUT2D eigenvalue weighted by molar-refractivity contribution is 0.175. The summed E-state index contributed by atoms with van der Waals surface area (Å²) >= 11 is 11.1. The molecule has 2 heterocycles. The van der Waals surface area contributed by atoms with Crippen molar-refractivity contribution in [3.63, 3.8) is 0 Å². The molecule has 2 aliphatic rings. The number of carbonyl (C=O) groups is 2. The second-order valence-corrected chi connectivity index (χ2v) is 8.07. The van der Waals surface area contributed by atoms with Crippen LogP contribution in [-0.4, -0.2) is 56.6 Å². The molecule has 0 aliphatic carbocycles. The quantitative estimate of drug-likeness (QED) is 0.625. The maximum Gasteiger partial charge on any atom is 0.416 e. The average Bonchev–Trinajstić information content (AvgIpc) is 2.77. The number of ether oxygens (including phenoxy) is 1.